The number of nitrogens with zero attached hydrogens (tertiary/aromatic N) is 2. The van der Waals surface area contributed by atoms with Crippen molar-refractivity contribution in [2.75, 3.05) is 24.3 Å². The molecular formula is C14H26N4O. The summed E-state index contributed by atoms with van der Waals surface area (Å²) in [7, 11) is 1.86. The monoisotopic (exact) mass is 266 g/mol. The van der Waals surface area contributed by atoms with Crippen LogP contribution in [0, 0.1) is 5.92 Å². The number of nitrogens with one attached hydrogen (secondary N) is 2. The smallest absolute Gasteiger partial charge is 0.158 e. The van der Waals surface area contributed by atoms with Gasteiger partial charge in [-0.2, -0.15) is 0 Å². The molecule has 0 aromatic carbocycles. The SMILES string of the molecule is CCOCc1nc(NC)cc(NC(C)CC(C)C)n1. The Morgan fingerprint density at radius 1 is 1.21 bits per heavy atom. The lowest BCUT2D eigenvalue weighted by atomic mass is 10.1. The molecule has 5 nitrogen and oxygen atoms in total. The number of anilines is 2. The summed E-state index contributed by atoms with van der Waals surface area (Å²) in [5, 5.41) is 6.47. The summed E-state index contributed by atoms with van der Waals surface area (Å²) in [6, 6.07) is 2.31. The minimum Gasteiger partial charge on any atom is -0.374 e. The Morgan fingerprint density at radius 3 is 2.47 bits per heavy atom. The largest absolute Gasteiger partial charge is 0.374 e. The first-order valence-corrected chi connectivity index (χ1v) is 6.95. The Hall–Kier alpha value is -1.36. The lowest BCUT2D eigenvalue weighted by Crippen LogP contribution is -2.19. The molecule has 0 aliphatic rings. The molecule has 2 N–H and O–H groups in total. The van der Waals surface area contributed by atoms with Gasteiger partial charge in [-0.25, -0.2) is 9.97 Å². The lowest BCUT2D eigenvalue weighted by molar-refractivity contribution is 0.128. The quantitative estimate of drug-likeness (QED) is 0.757. The zero-order chi connectivity index (χ0) is 14.3. The highest BCUT2D eigenvalue weighted by molar-refractivity contribution is 5.47. The van der Waals surface area contributed by atoms with E-state index >= 15 is 0 Å². The molecular weight excluding hydrogens is 240 g/mol. The number of aromatic nitrogens is 2. The van der Waals surface area contributed by atoms with E-state index < -0.39 is 0 Å². The van der Waals surface area contributed by atoms with Gasteiger partial charge in [0, 0.05) is 25.8 Å². The van der Waals surface area contributed by atoms with E-state index in [1.54, 1.807) is 0 Å². The van der Waals surface area contributed by atoms with Crippen molar-refractivity contribution < 1.29 is 4.74 Å². The Labute approximate surface area is 116 Å². The van der Waals surface area contributed by atoms with Crippen LogP contribution in [0.4, 0.5) is 11.6 Å². The van der Waals surface area contributed by atoms with Gasteiger partial charge in [0.1, 0.15) is 18.2 Å². The number of ether oxygens (including phenoxy) is 1. The van der Waals surface area contributed by atoms with Crippen molar-refractivity contribution in [3.63, 3.8) is 0 Å². The summed E-state index contributed by atoms with van der Waals surface area (Å²) in [6.07, 6.45) is 1.11. The normalized spacial score (nSPS) is 12.5. The van der Waals surface area contributed by atoms with Gasteiger partial charge in [0.05, 0.1) is 0 Å². The summed E-state index contributed by atoms with van der Waals surface area (Å²) in [5.74, 6) is 3.02. The molecule has 1 heterocycles. The van der Waals surface area contributed by atoms with Crippen molar-refractivity contribution in [3.05, 3.63) is 11.9 Å². The second-order valence-electron chi connectivity index (χ2n) is 5.12. The fourth-order valence-corrected chi connectivity index (χ4v) is 1.98. The first-order valence-electron chi connectivity index (χ1n) is 6.95. The van der Waals surface area contributed by atoms with Gasteiger partial charge < -0.3 is 15.4 Å². The van der Waals surface area contributed by atoms with Gasteiger partial charge in [0.15, 0.2) is 5.82 Å². The van der Waals surface area contributed by atoms with E-state index in [4.69, 9.17) is 4.74 Å². The Kier molecular flexibility index (Phi) is 6.56. The van der Waals surface area contributed by atoms with Crippen LogP contribution in [-0.2, 0) is 11.3 Å². The van der Waals surface area contributed by atoms with Crippen LogP contribution >= 0.6 is 0 Å². The molecule has 1 aromatic rings. The molecule has 1 atom stereocenters. The van der Waals surface area contributed by atoms with Crippen LogP contribution < -0.4 is 10.6 Å². The number of rotatable bonds is 8. The lowest BCUT2D eigenvalue weighted by Gasteiger charge is -2.17. The molecule has 0 radical (unpaired) electrons. The second kappa shape index (κ2) is 7.94. The molecule has 1 unspecified atom stereocenters. The summed E-state index contributed by atoms with van der Waals surface area (Å²) in [6.45, 7) is 9.68. The standard InChI is InChI=1S/C14H26N4O/c1-6-19-9-14-17-12(15-5)8-13(18-14)16-11(4)7-10(2)3/h8,10-11H,6-7,9H2,1-5H3,(H2,15,16,17,18). The highest BCUT2D eigenvalue weighted by Crippen LogP contribution is 2.15. The highest BCUT2D eigenvalue weighted by atomic mass is 16.5. The fourth-order valence-electron chi connectivity index (χ4n) is 1.98. The molecule has 1 aromatic heterocycles. The van der Waals surface area contributed by atoms with Gasteiger partial charge in [0.2, 0.25) is 0 Å². The van der Waals surface area contributed by atoms with Crippen molar-refractivity contribution in [3.8, 4) is 0 Å². The minimum absolute atomic E-state index is 0.388. The molecule has 0 spiro atoms. The first kappa shape index (κ1) is 15.7. The third kappa shape index (κ3) is 5.87. The van der Waals surface area contributed by atoms with Crippen LogP contribution in [0.3, 0.4) is 0 Å². The van der Waals surface area contributed by atoms with Crippen molar-refractivity contribution in [2.45, 2.75) is 46.8 Å². The third-order valence-electron chi connectivity index (χ3n) is 2.68. The van der Waals surface area contributed by atoms with Crippen molar-refractivity contribution in [1.29, 1.82) is 0 Å². The van der Waals surface area contributed by atoms with Crippen LogP contribution in [0.5, 0.6) is 0 Å². The van der Waals surface area contributed by atoms with Crippen molar-refractivity contribution in [2.24, 2.45) is 5.92 Å². The maximum atomic E-state index is 5.36. The van der Waals surface area contributed by atoms with Crippen molar-refractivity contribution >= 4 is 11.6 Å². The average Bonchev–Trinajstić information content (AvgIpc) is 2.34. The van der Waals surface area contributed by atoms with Gasteiger partial charge in [-0.1, -0.05) is 13.8 Å². The summed E-state index contributed by atoms with van der Waals surface area (Å²) in [5.41, 5.74) is 0. The molecule has 0 bridgehead atoms. The highest BCUT2D eigenvalue weighted by Gasteiger charge is 2.08. The van der Waals surface area contributed by atoms with Crippen LogP contribution in [0.1, 0.15) is 39.9 Å². The topological polar surface area (TPSA) is 59.1 Å². The molecule has 0 aliphatic carbocycles. The predicted octanol–water partition coefficient (Wildman–Crippen LogP) is 2.90. The Bertz CT molecular complexity index is 382. The zero-order valence-electron chi connectivity index (χ0n) is 12.7. The Balaban J connectivity index is 2.75. The zero-order valence-corrected chi connectivity index (χ0v) is 12.7. The summed E-state index contributed by atoms with van der Waals surface area (Å²) < 4.78 is 5.36. The van der Waals surface area contributed by atoms with Gasteiger partial charge in [-0.15, -0.1) is 0 Å². The van der Waals surface area contributed by atoms with E-state index in [2.05, 4.69) is 41.4 Å². The van der Waals surface area contributed by atoms with E-state index in [-0.39, 0.29) is 0 Å². The van der Waals surface area contributed by atoms with Crippen LogP contribution in [0.2, 0.25) is 0 Å². The number of hydrogen-bond donors (Lipinski definition) is 2. The predicted molar refractivity (Wildman–Crippen MR) is 79.4 cm³/mol. The van der Waals surface area contributed by atoms with E-state index in [9.17, 15) is 0 Å². The van der Waals surface area contributed by atoms with E-state index in [1.807, 2.05) is 20.0 Å². The van der Waals surface area contributed by atoms with Crippen LogP contribution in [0.25, 0.3) is 0 Å². The van der Waals surface area contributed by atoms with E-state index in [0.717, 1.165) is 18.1 Å². The molecule has 19 heavy (non-hydrogen) atoms. The van der Waals surface area contributed by atoms with Gasteiger partial charge in [0.25, 0.3) is 0 Å². The maximum absolute atomic E-state index is 5.36. The molecule has 1 rings (SSSR count). The maximum Gasteiger partial charge on any atom is 0.158 e. The summed E-state index contributed by atoms with van der Waals surface area (Å²) >= 11 is 0. The summed E-state index contributed by atoms with van der Waals surface area (Å²) in [4.78, 5) is 8.85. The first-order chi connectivity index (χ1) is 9.05. The molecule has 0 saturated heterocycles. The van der Waals surface area contributed by atoms with Gasteiger partial charge in [-0.3, -0.25) is 0 Å². The van der Waals surface area contributed by atoms with Crippen molar-refractivity contribution in [1.82, 2.24) is 9.97 Å². The molecule has 108 valence electrons. The second-order valence-corrected chi connectivity index (χ2v) is 5.12. The van der Waals surface area contributed by atoms with E-state index in [0.29, 0.717) is 31.0 Å². The van der Waals surface area contributed by atoms with Gasteiger partial charge in [-0.05, 0) is 26.2 Å². The third-order valence-corrected chi connectivity index (χ3v) is 2.68. The number of hydrogen-bond acceptors (Lipinski definition) is 5. The molecule has 5 heteroatoms. The van der Waals surface area contributed by atoms with Crippen LogP contribution in [-0.4, -0.2) is 29.7 Å². The van der Waals surface area contributed by atoms with E-state index in [1.165, 1.54) is 0 Å². The Morgan fingerprint density at radius 2 is 1.89 bits per heavy atom. The molecule has 0 fully saturated rings. The molecule has 0 amide bonds. The van der Waals surface area contributed by atoms with Crippen LogP contribution in [0.15, 0.2) is 6.07 Å². The molecule has 0 aliphatic heterocycles. The molecule has 0 saturated carbocycles. The minimum atomic E-state index is 0.388. The fraction of sp³-hybridized carbons (Fsp3) is 0.714. The van der Waals surface area contributed by atoms with Gasteiger partial charge >= 0.3 is 0 Å². The average molecular weight is 266 g/mol.